The Kier molecular flexibility index (Phi) is 6.62. The van der Waals surface area contributed by atoms with E-state index < -0.39 is 12.5 Å². The molecule has 0 spiro atoms. The highest BCUT2D eigenvalue weighted by atomic mass is 19.3. The number of hydrogen-bond donors (Lipinski definition) is 1. The highest BCUT2D eigenvalue weighted by Crippen LogP contribution is 2.16. The molecule has 0 bridgehead atoms. The van der Waals surface area contributed by atoms with Crippen LogP contribution in [0.15, 0.2) is 53.6 Å². The Labute approximate surface area is 148 Å². The number of hydrazone groups is 1. The summed E-state index contributed by atoms with van der Waals surface area (Å²) >= 11 is 0. The SMILES string of the molecule is C/C(=N/NC(=O)COc1ccccc1C#N)c1ccc(OC(F)F)cc1. The van der Waals surface area contributed by atoms with Gasteiger partial charge in [-0.15, -0.1) is 0 Å². The molecule has 1 amide bonds. The number of hydrogen-bond acceptors (Lipinski definition) is 5. The van der Waals surface area contributed by atoms with Crippen LogP contribution in [0.1, 0.15) is 18.1 Å². The van der Waals surface area contributed by atoms with Crippen molar-refractivity contribution in [3.05, 3.63) is 59.7 Å². The van der Waals surface area contributed by atoms with Crippen molar-refractivity contribution in [3.63, 3.8) is 0 Å². The van der Waals surface area contributed by atoms with Crippen molar-refractivity contribution in [3.8, 4) is 17.6 Å². The first-order valence-electron chi connectivity index (χ1n) is 7.50. The fraction of sp³-hybridized carbons (Fsp3) is 0.167. The van der Waals surface area contributed by atoms with E-state index in [9.17, 15) is 13.6 Å². The van der Waals surface area contributed by atoms with E-state index in [0.29, 0.717) is 22.6 Å². The third kappa shape index (κ3) is 5.56. The number of amides is 1. The predicted molar refractivity (Wildman–Crippen MR) is 90.1 cm³/mol. The number of carbonyl (C=O) groups excluding carboxylic acids is 1. The molecule has 8 heteroatoms. The van der Waals surface area contributed by atoms with Gasteiger partial charge in [-0.05, 0) is 48.9 Å². The molecule has 2 aromatic carbocycles. The van der Waals surface area contributed by atoms with Gasteiger partial charge in [0, 0.05) is 0 Å². The van der Waals surface area contributed by atoms with E-state index in [-0.39, 0.29) is 12.4 Å². The van der Waals surface area contributed by atoms with Crippen LogP contribution < -0.4 is 14.9 Å². The van der Waals surface area contributed by atoms with E-state index in [1.54, 1.807) is 43.3 Å². The van der Waals surface area contributed by atoms with Crippen molar-refractivity contribution in [1.82, 2.24) is 5.43 Å². The molecule has 0 unspecified atom stereocenters. The number of benzene rings is 2. The summed E-state index contributed by atoms with van der Waals surface area (Å²) in [5, 5.41) is 12.9. The Hall–Kier alpha value is -3.47. The summed E-state index contributed by atoms with van der Waals surface area (Å²) < 4.78 is 33.8. The average Bonchev–Trinajstić information content (AvgIpc) is 2.64. The van der Waals surface area contributed by atoms with Gasteiger partial charge in [-0.25, -0.2) is 5.43 Å². The van der Waals surface area contributed by atoms with E-state index in [1.165, 1.54) is 12.1 Å². The van der Waals surface area contributed by atoms with Crippen molar-refractivity contribution in [2.45, 2.75) is 13.5 Å². The van der Waals surface area contributed by atoms with Gasteiger partial charge in [0.2, 0.25) is 0 Å². The average molecular weight is 359 g/mol. The molecule has 0 saturated carbocycles. The number of alkyl halides is 2. The van der Waals surface area contributed by atoms with Crippen LogP contribution in [0.25, 0.3) is 0 Å². The first-order chi connectivity index (χ1) is 12.5. The standard InChI is InChI=1S/C18H15F2N3O3/c1-12(13-6-8-15(9-7-13)26-18(19)20)22-23-17(24)11-25-16-5-3-2-4-14(16)10-21/h2-9,18H,11H2,1H3,(H,23,24)/b22-12-. The lowest BCUT2D eigenvalue weighted by atomic mass is 10.1. The van der Waals surface area contributed by atoms with Gasteiger partial charge in [0.1, 0.15) is 17.6 Å². The highest BCUT2D eigenvalue weighted by Gasteiger charge is 2.07. The predicted octanol–water partition coefficient (Wildman–Crippen LogP) is 3.08. The molecule has 2 aromatic rings. The molecule has 2 rings (SSSR count). The van der Waals surface area contributed by atoms with Crippen molar-refractivity contribution in [1.29, 1.82) is 5.26 Å². The van der Waals surface area contributed by atoms with Crippen molar-refractivity contribution in [2.24, 2.45) is 5.10 Å². The summed E-state index contributed by atoms with van der Waals surface area (Å²) in [5.41, 5.74) is 3.75. The molecular formula is C18H15F2N3O3. The molecule has 6 nitrogen and oxygen atoms in total. The Morgan fingerprint density at radius 1 is 1.23 bits per heavy atom. The molecule has 0 aliphatic rings. The van der Waals surface area contributed by atoms with E-state index in [4.69, 9.17) is 10.00 Å². The minimum Gasteiger partial charge on any atom is -0.482 e. The second kappa shape index (κ2) is 9.13. The molecule has 0 aliphatic heterocycles. The molecule has 134 valence electrons. The van der Waals surface area contributed by atoms with Crippen LogP contribution in [-0.2, 0) is 4.79 Å². The van der Waals surface area contributed by atoms with Gasteiger partial charge >= 0.3 is 6.61 Å². The van der Waals surface area contributed by atoms with Gasteiger partial charge in [-0.2, -0.15) is 19.1 Å². The summed E-state index contributed by atoms with van der Waals surface area (Å²) in [7, 11) is 0. The summed E-state index contributed by atoms with van der Waals surface area (Å²) in [6, 6.07) is 14.4. The summed E-state index contributed by atoms with van der Waals surface area (Å²) in [6.45, 7) is -1.55. The van der Waals surface area contributed by atoms with Crippen LogP contribution in [0, 0.1) is 11.3 Å². The molecule has 0 saturated heterocycles. The van der Waals surface area contributed by atoms with Gasteiger partial charge in [0.25, 0.3) is 5.91 Å². The molecule has 26 heavy (non-hydrogen) atoms. The number of ether oxygens (including phenoxy) is 2. The highest BCUT2D eigenvalue weighted by molar-refractivity contribution is 5.99. The molecule has 0 atom stereocenters. The topological polar surface area (TPSA) is 83.7 Å². The first-order valence-corrected chi connectivity index (χ1v) is 7.50. The monoisotopic (exact) mass is 359 g/mol. The van der Waals surface area contributed by atoms with E-state index >= 15 is 0 Å². The van der Waals surface area contributed by atoms with Crippen LogP contribution in [0.2, 0.25) is 0 Å². The first kappa shape index (κ1) is 18.9. The Bertz CT molecular complexity index is 830. The molecular weight excluding hydrogens is 344 g/mol. The Morgan fingerprint density at radius 3 is 2.58 bits per heavy atom. The van der Waals surface area contributed by atoms with Gasteiger partial charge in [0.15, 0.2) is 6.61 Å². The number of halogens is 2. The minimum absolute atomic E-state index is 0.0325. The molecule has 0 heterocycles. The zero-order valence-corrected chi connectivity index (χ0v) is 13.8. The van der Waals surface area contributed by atoms with E-state index in [0.717, 1.165) is 0 Å². The van der Waals surface area contributed by atoms with Gasteiger partial charge < -0.3 is 9.47 Å². The summed E-state index contributed by atoms with van der Waals surface area (Å²) in [5.74, 6) is -0.166. The Morgan fingerprint density at radius 2 is 1.92 bits per heavy atom. The number of nitrogens with zero attached hydrogens (tertiary/aromatic N) is 2. The number of carbonyl (C=O) groups is 1. The lowest BCUT2D eigenvalue weighted by Crippen LogP contribution is -2.25. The minimum atomic E-state index is -2.89. The Balaban J connectivity index is 1.89. The van der Waals surface area contributed by atoms with Gasteiger partial charge in [-0.1, -0.05) is 12.1 Å². The largest absolute Gasteiger partial charge is 0.482 e. The molecule has 0 aliphatic carbocycles. The lowest BCUT2D eigenvalue weighted by Gasteiger charge is -2.07. The van der Waals surface area contributed by atoms with Crippen molar-refractivity contribution >= 4 is 11.6 Å². The smallest absolute Gasteiger partial charge is 0.387 e. The number of nitriles is 1. The third-order valence-electron chi connectivity index (χ3n) is 3.21. The number of para-hydroxylation sites is 1. The van der Waals surface area contributed by atoms with E-state index in [1.807, 2.05) is 6.07 Å². The van der Waals surface area contributed by atoms with Crippen LogP contribution in [0.3, 0.4) is 0 Å². The maximum atomic E-state index is 12.1. The molecule has 0 radical (unpaired) electrons. The van der Waals surface area contributed by atoms with Crippen LogP contribution >= 0.6 is 0 Å². The fourth-order valence-corrected chi connectivity index (χ4v) is 1.95. The second-order valence-corrected chi connectivity index (χ2v) is 5.03. The van der Waals surface area contributed by atoms with Gasteiger partial charge in [-0.3, -0.25) is 4.79 Å². The van der Waals surface area contributed by atoms with Crippen LogP contribution in [-0.4, -0.2) is 24.8 Å². The lowest BCUT2D eigenvalue weighted by molar-refractivity contribution is -0.123. The zero-order valence-electron chi connectivity index (χ0n) is 13.8. The normalized spacial score (nSPS) is 11.0. The quantitative estimate of drug-likeness (QED) is 0.608. The number of rotatable bonds is 7. The van der Waals surface area contributed by atoms with Crippen LogP contribution in [0.5, 0.6) is 11.5 Å². The second-order valence-electron chi connectivity index (χ2n) is 5.03. The summed E-state index contributed by atoms with van der Waals surface area (Å²) in [4.78, 5) is 11.8. The molecule has 0 fully saturated rings. The maximum Gasteiger partial charge on any atom is 0.387 e. The number of nitrogens with one attached hydrogen (secondary N) is 1. The van der Waals surface area contributed by atoms with Gasteiger partial charge in [0.05, 0.1) is 11.3 Å². The molecule has 0 aromatic heterocycles. The van der Waals surface area contributed by atoms with Crippen molar-refractivity contribution in [2.75, 3.05) is 6.61 Å². The zero-order chi connectivity index (χ0) is 18.9. The van der Waals surface area contributed by atoms with E-state index in [2.05, 4.69) is 15.3 Å². The maximum absolute atomic E-state index is 12.1. The van der Waals surface area contributed by atoms with Crippen molar-refractivity contribution < 1.29 is 23.0 Å². The molecule has 1 N–H and O–H groups in total. The third-order valence-corrected chi connectivity index (χ3v) is 3.21. The fourth-order valence-electron chi connectivity index (χ4n) is 1.95. The summed E-state index contributed by atoms with van der Waals surface area (Å²) in [6.07, 6.45) is 0. The van der Waals surface area contributed by atoms with Crippen LogP contribution in [0.4, 0.5) is 8.78 Å².